The van der Waals surface area contributed by atoms with E-state index in [1.54, 1.807) is 24.3 Å². The summed E-state index contributed by atoms with van der Waals surface area (Å²) in [4.78, 5) is 25.4. The Hall–Kier alpha value is -2.18. The first kappa shape index (κ1) is 13.8. The van der Waals surface area contributed by atoms with Crippen LogP contribution >= 0.6 is 0 Å². The first-order chi connectivity index (χ1) is 10.1. The minimum absolute atomic E-state index is 0.346. The van der Waals surface area contributed by atoms with Gasteiger partial charge in [-0.2, -0.15) is 0 Å². The van der Waals surface area contributed by atoms with Crippen molar-refractivity contribution in [2.75, 3.05) is 26.3 Å². The maximum absolute atomic E-state index is 12.0. The zero-order chi connectivity index (χ0) is 14.8. The van der Waals surface area contributed by atoms with Crippen molar-refractivity contribution in [2.45, 2.75) is 6.54 Å². The Morgan fingerprint density at radius 2 is 2.00 bits per heavy atom. The van der Waals surface area contributed by atoms with Gasteiger partial charge >= 0.3 is 5.63 Å². The van der Waals surface area contributed by atoms with Crippen molar-refractivity contribution in [1.29, 1.82) is 0 Å². The van der Waals surface area contributed by atoms with Gasteiger partial charge in [-0.3, -0.25) is 9.69 Å². The first-order valence-corrected chi connectivity index (χ1v) is 6.80. The molecule has 1 amide bonds. The molecule has 0 radical (unpaired) electrons. The van der Waals surface area contributed by atoms with Crippen LogP contribution in [0.4, 0.5) is 0 Å². The lowest BCUT2D eigenvalue weighted by molar-refractivity contribution is 0.0338. The van der Waals surface area contributed by atoms with E-state index in [1.165, 1.54) is 0 Å². The lowest BCUT2D eigenvalue weighted by atomic mass is 10.1. The predicted molar refractivity (Wildman–Crippen MR) is 77.1 cm³/mol. The molecule has 2 heterocycles. The Morgan fingerprint density at radius 1 is 1.24 bits per heavy atom. The number of fused-ring (bicyclic) bond motifs is 1. The standard InChI is InChI=1S/C15H16N2O4/c16-14(18)10-1-2-13-11(7-10)8-12(15(19)21-13)9-17-3-5-20-6-4-17/h1-2,7-8H,3-6,9H2,(H2,16,18). The Kier molecular flexibility index (Phi) is 3.72. The van der Waals surface area contributed by atoms with Gasteiger partial charge in [-0.05, 0) is 24.3 Å². The molecule has 0 bridgehead atoms. The van der Waals surface area contributed by atoms with Crippen molar-refractivity contribution >= 4 is 16.9 Å². The molecule has 1 aromatic heterocycles. The van der Waals surface area contributed by atoms with Crippen LogP contribution in [0.15, 0.2) is 33.5 Å². The second-order valence-electron chi connectivity index (χ2n) is 5.06. The number of benzene rings is 1. The molecule has 0 spiro atoms. The van der Waals surface area contributed by atoms with Crippen LogP contribution < -0.4 is 11.4 Å². The highest BCUT2D eigenvalue weighted by Gasteiger charge is 2.14. The third kappa shape index (κ3) is 2.96. The van der Waals surface area contributed by atoms with Crippen LogP contribution in [-0.4, -0.2) is 37.1 Å². The normalized spacial score (nSPS) is 16.2. The number of primary amides is 1. The SMILES string of the molecule is NC(=O)c1ccc2oc(=O)c(CN3CCOCC3)cc2c1. The molecule has 3 rings (SSSR count). The zero-order valence-electron chi connectivity index (χ0n) is 11.5. The molecule has 0 saturated carbocycles. The molecule has 1 fully saturated rings. The molecule has 1 saturated heterocycles. The first-order valence-electron chi connectivity index (χ1n) is 6.80. The van der Waals surface area contributed by atoms with E-state index in [9.17, 15) is 9.59 Å². The summed E-state index contributed by atoms with van der Waals surface area (Å²) < 4.78 is 10.6. The number of ether oxygens (including phenoxy) is 1. The van der Waals surface area contributed by atoms with Gasteiger partial charge in [0.25, 0.3) is 0 Å². The van der Waals surface area contributed by atoms with Crippen molar-refractivity contribution in [1.82, 2.24) is 4.90 Å². The second kappa shape index (κ2) is 5.67. The second-order valence-corrected chi connectivity index (χ2v) is 5.06. The lowest BCUT2D eigenvalue weighted by Gasteiger charge is -2.26. The zero-order valence-corrected chi connectivity index (χ0v) is 11.5. The monoisotopic (exact) mass is 288 g/mol. The van der Waals surface area contributed by atoms with Gasteiger partial charge in [-0.1, -0.05) is 0 Å². The molecule has 1 aliphatic rings. The molecular weight excluding hydrogens is 272 g/mol. The minimum Gasteiger partial charge on any atom is -0.422 e. The predicted octanol–water partition coefficient (Wildman–Crippen LogP) is 0.724. The van der Waals surface area contributed by atoms with Crippen molar-refractivity contribution in [3.63, 3.8) is 0 Å². The van der Waals surface area contributed by atoms with Gasteiger partial charge in [0.1, 0.15) is 5.58 Å². The number of carbonyl (C=O) groups excluding carboxylic acids is 1. The molecular formula is C15H16N2O4. The lowest BCUT2D eigenvalue weighted by Crippen LogP contribution is -2.36. The fourth-order valence-electron chi connectivity index (χ4n) is 2.43. The summed E-state index contributed by atoms with van der Waals surface area (Å²) in [5.41, 5.74) is 6.35. The number of hydrogen-bond acceptors (Lipinski definition) is 5. The number of carbonyl (C=O) groups is 1. The summed E-state index contributed by atoms with van der Waals surface area (Å²) >= 11 is 0. The van der Waals surface area contributed by atoms with E-state index >= 15 is 0 Å². The van der Waals surface area contributed by atoms with E-state index in [-0.39, 0.29) is 5.63 Å². The highest BCUT2D eigenvalue weighted by atomic mass is 16.5. The van der Waals surface area contributed by atoms with E-state index in [0.717, 1.165) is 13.1 Å². The van der Waals surface area contributed by atoms with Gasteiger partial charge in [-0.15, -0.1) is 0 Å². The quantitative estimate of drug-likeness (QED) is 0.841. The van der Waals surface area contributed by atoms with E-state index in [0.29, 0.717) is 41.9 Å². The Morgan fingerprint density at radius 3 is 2.71 bits per heavy atom. The summed E-state index contributed by atoms with van der Waals surface area (Å²) in [7, 11) is 0. The van der Waals surface area contributed by atoms with Crippen LogP contribution in [0.25, 0.3) is 11.0 Å². The molecule has 0 aliphatic carbocycles. The van der Waals surface area contributed by atoms with Crippen LogP contribution in [0, 0.1) is 0 Å². The van der Waals surface area contributed by atoms with Crippen molar-refractivity contribution < 1.29 is 13.9 Å². The van der Waals surface area contributed by atoms with E-state index in [1.807, 2.05) is 0 Å². The van der Waals surface area contributed by atoms with Gasteiger partial charge in [0.15, 0.2) is 0 Å². The minimum atomic E-state index is -0.502. The third-order valence-corrected chi connectivity index (χ3v) is 3.59. The summed E-state index contributed by atoms with van der Waals surface area (Å²) in [6.45, 7) is 3.44. The van der Waals surface area contributed by atoms with Gasteiger partial charge < -0.3 is 14.9 Å². The maximum Gasteiger partial charge on any atom is 0.340 e. The van der Waals surface area contributed by atoms with Crippen LogP contribution in [0.3, 0.4) is 0 Å². The Bertz CT molecular complexity index is 732. The molecule has 2 aromatic rings. The van der Waals surface area contributed by atoms with Crippen molar-refractivity contribution in [2.24, 2.45) is 5.73 Å². The number of nitrogens with zero attached hydrogens (tertiary/aromatic N) is 1. The molecule has 1 aliphatic heterocycles. The van der Waals surface area contributed by atoms with Crippen LogP contribution in [0.5, 0.6) is 0 Å². The van der Waals surface area contributed by atoms with Gasteiger partial charge in [0.05, 0.1) is 18.8 Å². The Labute approximate surface area is 121 Å². The van der Waals surface area contributed by atoms with E-state index in [4.69, 9.17) is 14.9 Å². The Balaban J connectivity index is 1.95. The fourth-order valence-corrected chi connectivity index (χ4v) is 2.43. The van der Waals surface area contributed by atoms with Crippen molar-refractivity contribution in [3.05, 3.63) is 45.8 Å². The summed E-state index contributed by atoms with van der Waals surface area (Å²) in [5, 5.41) is 0.703. The molecule has 110 valence electrons. The van der Waals surface area contributed by atoms with Crippen LogP contribution in [-0.2, 0) is 11.3 Å². The topological polar surface area (TPSA) is 85.8 Å². The van der Waals surface area contributed by atoms with Crippen molar-refractivity contribution in [3.8, 4) is 0 Å². The van der Waals surface area contributed by atoms with Gasteiger partial charge in [-0.25, -0.2) is 4.79 Å². The average Bonchev–Trinajstić information content (AvgIpc) is 2.48. The van der Waals surface area contributed by atoms with Crippen LogP contribution in [0.2, 0.25) is 0 Å². The number of rotatable bonds is 3. The third-order valence-electron chi connectivity index (χ3n) is 3.59. The highest BCUT2D eigenvalue weighted by molar-refractivity contribution is 5.96. The molecule has 21 heavy (non-hydrogen) atoms. The largest absolute Gasteiger partial charge is 0.422 e. The number of hydrogen-bond donors (Lipinski definition) is 1. The number of nitrogens with two attached hydrogens (primary N) is 1. The van der Waals surface area contributed by atoms with Crippen LogP contribution in [0.1, 0.15) is 15.9 Å². The molecule has 0 atom stereocenters. The smallest absolute Gasteiger partial charge is 0.340 e. The summed E-state index contributed by atoms with van der Waals surface area (Å²) in [6, 6.07) is 6.55. The van der Waals surface area contributed by atoms with E-state index in [2.05, 4.69) is 4.90 Å². The number of morpholine rings is 1. The molecule has 6 heteroatoms. The molecule has 6 nitrogen and oxygen atoms in total. The molecule has 1 aromatic carbocycles. The molecule has 2 N–H and O–H groups in total. The molecule has 0 unspecified atom stereocenters. The summed E-state index contributed by atoms with van der Waals surface area (Å²) in [6.07, 6.45) is 0. The fraction of sp³-hybridized carbons (Fsp3) is 0.333. The highest BCUT2D eigenvalue weighted by Crippen LogP contribution is 2.16. The van der Waals surface area contributed by atoms with Gasteiger partial charge in [0.2, 0.25) is 5.91 Å². The maximum atomic E-state index is 12.0. The van der Waals surface area contributed by atoms with Gasteiger partial charge in [0, 0.05) is 30.6 Å². The van der Waals surface area contributed by atoms with E-state index < -0.39 is 5.91 Å². The average molecular weight is 288 g/mol. The summed E-state index contributed by atoms with van der Waals surface area (Å²) in [5.74, 6) is -0.502. The number of amides is 1.